The van der Waals surface area contributed by atoms with Crippen molar-refractivity contribution in [1.29, 1.82) is 0 Å². The molecule has 1 aromatic carbocycles. The molecule has 0 spiro atoms. The van der Waals surface area contributed by atoms with Gasteiger partial charge >= 0.3 is 0 Å². The molecular formula is C11H16N2S. The number of rotatable bonds is 4. The smallest absolute Gasteiger partial charge is 0.103 e. The first-order valence-corrected chi connectivity index (χ1v) is 5.11. The molecule has 1 aromatic rings. The maximum absolute atomic E-state index is 5.56. The summed E-state index contributed by atoms with van der Waals surface area (Å²) >= 11 is 4.93. The van der Waals surface area contributed by atoms with Crippen LogP contribution in [0.3, 0.4) is 0 Å². The number of hydrogen-bond acceptors (Lipinski definition) is 2. The normalized spacial score (nSPS) is 10.5. The van der Waals surface area contributed by atoms with Gasteiger partial charge in [0.25, 0.3) is 0 Å². The molecular weight excluding hydrogens is 192 g/mol. The van der Waals surface area contributed by atoms with E-state index < -0.39 is 0 Å². The number of nitrogens with two attached hydrogens (primary N) is 1. The maximum atomic E-state index is 5.56. The van der Waals surface area contributed by atoms with E-state index in [-0.39, 0.29) is 0 Å². The molecule has 2 N–H and O–H groups in total. The van der Waals surface area contributed by atoms with Crippen molar-refractivity contribution in [1.82, 2.24) is 4.90 Å². The molecule has 0 fully saturated rings. The van der Waals surface area contributed by atoms with E-state index in [0.29, 0.717) is 4.99 Å². The van der Waals surface area contributed by atoms with Gasteiger partial charge in [0.05, 0.1) is 0 Å². The van der Waals surface area contributed by atoms with Crippen molar-refractivity contribution in [3.8, 4) is 0 Å². The Kier molecular flexibility index (Phi) is 4.04. The van der Waals surface area contributed by atoms with Crippen molar-refractivity contribution >= 4 is 17.2 Å². The molecule has 0 bridgehead atoms. The number of nitrogens with zero attached hydrogens (tertiary/aromatic N) is 1. The van der Waals surface area contributed by atoms with Crippen molar-refractivity contribution < 1.29 is 0 Å². The predicted molar refractivity (Wildman–Crippen MR) is 64.3 cm³/mol. The summed E-state index contributed by atoms with van der Waals surface area (Å²) in [4.78, 5) is 2.70. The molecule has 76 valence electrons. The quantitative estimate of drug-likeness (QED) is 0.765. The third kappa shape index (κ3) is 3.09. The zero-order valence-electron chi connectivity index (χ0n) is 8.66. The van der Waals surface area contributed by atoms with Crippen LogP contribution < -0.4 is 5.73 Å². The molecule has 2 nitrogen and oxygen atoms in total. The molecule has 0 aliphatic rings. The number of benzene rings is 1. The Morgan fingerprint density at radius 3 is 2.79 bits per heavy atom. The van der Waals surface area contributed by atoms with Gasteiger partial charge in [-0.15, -0.1) is 0 Å². The van der Waals surface area contributed by atoms with Crippen molar-refractivity contribution in [3.05, 3.63) is 35.4 Å². The van der Waals surface area contributed by atoms with Crippen LogP contribution in [0.2, 0.25) is 0 Å². The topological polar surface area (TPSA) is 29.3 Å². The van der Waals surface area contributed by atoms with Crippen LogP contribution in [0.1, 0.15) is 18.1 Å². The van der Waals surface area contributed by atoms with Crippen molar-refractivity contribution in [2.45, 2.75) is 13.5 Å². The second kappa shape index (κ2) is 5.08. The molecule has 1 rings (SSSR count). The maximum Gasteiger partial charge on any atom is 0.103 e. The fourth-order valence-electron chi connectivity index (χ4n) is 1.25. The first-order chi connectivity index (χ1) is 6.63. The minimum atomic E-state index is 0.464. The molecule has 0 radical (unpaired) electrons. The van der Waals surface area contributed by atoms with Gasteiger partial charge in [0, 0.05) is 12.1 Å². The van der Waals surface area contributed by atoms with Crippen molar-refractivity contribution in [3.63, 3.8) is 0 Å². The van der Waals surface area contributed by atoms with Gasteiger partial charge in [-0.3, -0.25) is 0 Å². The Bertz CT molecular complexity index is 323. The minimum Gasteiger partial charge on any atom is -0.389 e. The van der Waals surface area contributed by atoms with E-state index in [9.17, 15) is 0 Å². The van der Waals surface area contributed by atoms with Gasteiger partial charge in [0.1, 0.15) is 4.99 Å². The Balaban J connectivity index is 2.78. The van der Waals surface area contributed by atoms with E-state index >= 15 is 0 Å². The van der Waals surface area contributed by atoms with E-state index in [1.165, 1.54) is 5.56 Å². The lowest BCUT2D eigenvalue weighted by Crippen LogP contribution is -2.17. The third-order valence-corrected chi connectivity index (χ3v) is 2.44. The number of thiocarbonyl (C=S) groups is 1. The van der Waals surface area contributed by atoms with E-state index in [2.05, 4.69) is 31.0 Å². The van der Waals surface area contributed by atoms with Gasteiger partial charge < -0.3 is 10.6 Å². The summed E-state index contributed by atoms with van der Waals surface area (Å²) in [5, 5.41) is 0. The lowest BCUT2D eigenvalue weighted by molar-refractivity contribution is 0.346. The molecule has 0 unspecified atom stereocenters. The second-order valence-electron chi connectivity index (χ2n) is 3.40. The number of hydrogen-bond donors (Lipinski definition) is 1. The Morgan fingerprint density at radius 2 is 2.21 bits per heavy atom. The fourth-order valence-corrected chi connectivity index (χ4v) is 1.37. The molecule has 0 atom stereocenters. The molecule has 0 saturated heterocycles. The van der Waals surface area contributed by atoms with Crippen LogP contribution in [-0.4, -0.2) is 23.5 Å². The summed E-state index contributed by atoms with van der Waals surface area (Å²) < 4.78 is 0. The largest absolute Gasteiger partial charge is 0.389 e. The molecule has 0 heterocycles. The van der Waals surface area contributed by atoms with Crippen LogP contribution in [-0.2, 0) is 6.54 Å². The van der Waals surface area contributed by atoms with E-state index in [0.717, 1.165) is 18.7 Å². The average Bonchev–Trinajstić information content (AvgIpc) is 2.18. The zero-order chi connectivity index (χ0) is 10.6. The average molecular weight is 208 g/mol. The highest BCUT2D eigenvalue weighted by Gasteiger charge is 2.00. The van der Waals surface area contributed by atoms with E-state index in [1.54, 1.807) is 0 Å². The van der Waals surface area contributed by atoms with Crippen LogP contribution >= 0.6 is 12.2 Å². The molecule has 0 aliphatic heterocycles. The standard InChI is InChI=1S/C11H16N2S/c1-3-13(2)8-9-5-4-6-10(7-9)11(12)14/h4-7H,3,8H2,1-2H3,(H2,12,14). The van der Waals surface area contributed by atoms with Gasteiger partial charge in [-0.1, -0.05) is 37.3 Å². The highest BCUT2D eigenvalue weighted by atomic mass is 32.1. The summed E-state index contributed by atoms with van der Waals surface area (Å²) in [5.74, 6) is 0. The summed E-state index contributed by atoms with van der Waals surface area (Å²) in [6.07, 6.45) is 0. The molecule has 0 saturated carbocycles. The first-order valence-electron chi connectivity index (χ1n) is 4.70. The van der Waals surface area contributed by atoms with Gasteiger partial charge in [-0.25, -0.2) is 0 Å². The Hall–Kier alpha value is -0.930. The van der Waals surface area contributed by atoms with Crippen LogP contribution in [0.15, 0.2) is 24.3 Å². The van der Waals surface area contributed by atoms with Gasteiger partial charge in [0.15, 0.2) is 0 Å². The van der Waals surface area contributed by atoms with Gasteiger partial charge in [0.2, 0.25) is 0 Å². The zero-order valence-corrected chi connectivity index (χ0v) is 9.47. The predicted octanol–water partition coefficient (Wildman–Crippen LogP) is 1.77. The van der Waals surface area contributed by atoms with E-state index in [4.69, 9.17) is 18.0 Å². The van der Waals surface area contributed by atoms with Crippen LogP contribution in [0.5, 0.6) is 0 Å². The highest BCUT2D eigenvalue weighted by Crippen LogP contribution is 2.07. The van der Waals surface area contributed by atoms with Crippen LogP contribution in [0.25, 0.3) is 0 Å². The fraction of sp³-hybridized carbons (Fsp3) is 0.364. The second-order valence-corrected chi connectivity index (χ2v) is 3.83. The molecule has 0 aliphatic carbocycles. The molecule has 14 heavy (non-hydrogen) atoms. The van der Waals surface area contributed by atoms with Crippen molar-refractivity contribution in [2.24, 2.45) is 5.73 Å². The highest BCUT2D eigenvalue weighted by molar-refractivity contribution is 7.80. The lowest BCUT2D eigenvalue weighted by atomic mass is 10.1. The van der Waals surface area contributed by atoms with Crippen LogP contribution in [0, 0.1) is 0 Å². The van der Waals surface area contributed by atoms with Crippen molar-refractivity contribution in [2.75, 3.05) is 13.6 Å². The molecule has 3 heteroatoms. The Morgan fingerprint density at radius 1 is 1.50 bits per heavy atom. The molecule has 0 aromatic heterocycles. The Labute approximate surface area is 90.7 Å². The van der Waals surface area contributed by atoms with Gasteiger partial charge in [-0.05, 0) is 25.2 Å². The minimum absolute atomic E-state index is 0.464. The SMILES string of the molecule is CCN(C)Cc1cccc(C(N)=S)c1. The monoisotopic (exact) mass is 208 g/mol. The third-order valence-electron chi connectivity index (χ3n) is 2.20. The van der Waals surface area contributed by atoms with Gasteiger partial charge in [-0.2, -0.15) is 0 Å². The summed E-state index contributed by atoms with van der Waals surface area (Å²) in [6, 6.07) is 8.08. The molecule has 0 amide bonds. The van der Waals surface area contributed by atoms with Crippen LogP contribution in [0.4, 0.5) is 0 Å². The lowest BCUT2D eigenvalue weighted by Gasteiger charge is -2.14. The first kappa shape index (κ1) is 11.1. The summed E-state index contributed by atoms with van der Waals surface area (Å²) in [6.45, 7) is 4.11. The summed E-state index contributed by atoms with van der Waals surface area (Å²) in [5.41, 5.74) is 7.76. The van der Waals surface area contributed by atoms with E-state index in [1.807, 2.05) is 12.1 Å². The summed E-state index contributed by atoms with van der Waals surface area (Å²) in [7, 11) is 2.09.